The maximum absolute atomic E-state index is 10.8. The molecule has 1 rings (SSSR count). The largest absolute Gasteiger partial charge is 0.477 e. The van der Waals surface area contributed by atoms with Gasteiger partial charge in [-0.2, -0.15) is 5.10 Å². The molecule has 0 aliphatic carbocycles. The molecule has 1 aromatic heterocycles. The van der Waals surface area contributed by atoms with Crippen molar-refractivity contribution in [2.45, 2.75) is 19.9 Å². The molecule has 15 heavy (non-hydrogen) atoms. The monoisotopic (exact) mass is 206 g/mol. The summed E-state index contributed by atoms with van der Waals surface area (Å²) in [4.78, 5) is 10.8. The molecule has 0 aliphatic heterocycles. The van der Waals surface area contributed by atoms with Crippen molar-refractivity contribution in [1.82, 2.24) is 9.78 Å². The summed E-state index contributed by atoms with van der Waals surface area (Å²) < 4.78 is 1.48. The van der Waals surface area contributed by atoms with Crippen molar-refractivity contribution in [3.8, 4) is 0 Å². The quantitative estimate of drug-likeness (QED) is 0.750. The van der Waals surface area contributed by atoms with Crippen molar-refractivity contribution in [2.75, 3.05) is 0 Å². The lowest BCUT2D eigenvalue weighted by Gasteiger charge is -2.04. The molecule has 0 aliphatic rings. The Morgan fingerprint density at radius 2 is 2.47 bits per heavy atom. The van der Waals surface area contributed by atoms with Crippen molar-refractivity contribution in [3.05, 3.63) is 42.3 Å². The van der Waals surface area contributed by atoms with Crippen molar-refractivity contribution in [3.63, 3.8) is 0 Å². The van der Waals surface area contributed by atoms with Gasteiger partial charge in [-0.05, 0) is 19.4 Å². The molecule has 1 aromatic rings. The van der Waals surface area contributed by atoms with Crippen molar-refractivity contribution in [2.24, 2.45) is 0 Å². The van der Waals surface area contributed by atoms with Crippen molar-refractivity contribution in [1.29, 1.82) is 0 Å². The number of rotatable bonds is 5. The summed E-state index contributed by atoms with van der Waals surface area (Å²) in [5.41, 5.74) is 1.30. The van der Waals surface area contributed by atoms with Crippen LogP contribution < -0.4 is 0 Å². The molecule has 0 fully saturated rings. The lowest BCUT2D eigenvalue weighted by atomic mass is 10.2. The molecule has 0 saturated carbocycles. The molecule has 1 N–H and O–H groups in total. The van der Waals surface area contributed by atoms with Crippen LogP contribution in [0.2, 0.25) is 0 Å². The van der Waals surface area contributed by atoms with Crippen LogP contribution in [0.4, 0.5) is 0 Å². The molecule has 4 heteroatoms. The van der Waals surface area contributed by atoms with E-state index in [1.165, 1.54) is 16.9 Å². The number of carbonyl (C=O) groups is 1. The SMILES string of the molecule is C=C/C(=C\C)CCn1nccc1C(=O)O. The highest BCUT2D eigenvalue weighted by Gasteiger charge is 2.09. The first kappa shape index (κ1) is 11.2. The minimum Gasteiger partial charge on any atom is -0.477 e. The van der Waals surface area contributed by atoms with E-state index in [1.807, 2.05) is 13.0 Å². The predicted octanol–water partition coefficient (Wildman–Crippen LogP) is 2.10. The standard InChI is InChI=1S/C11H14N2O2/c1-3-9(4-2)6-8-13-10(11(14)15)5-7-12-13/h3-5,7H,1,6,8H2,2H3,(H,14,15)/b9-4+. The van der Waals surface area contributed by atoms with Gasteiger partial charge in [0.15, 0.2) is 0 Å². The zero-order valence-corrected chi connectivity index (χ0v) is 8.68. The average molecular weight is 206 g/mol. The van der Waals surface area contributed by atoms with Gasteiger partial charge in [-0.15, -0.1) is 0 Å². The van der Waals surface area contributed by atoms with Crippen LogP contribution in [-0.2, 0) is 6.54 Å². The van der Waals surface area contributed by atoms with Crippen molar-refractivity contribution >= 4 is 5.97 Å². The second kappa shape index (κ2) is 5.14. The van der Waals surface area contributed by atoms with E-state index in [0.29, 0.717) is 6.54 Å². The molecule has 1 heterocycles. The molecular formula is C11H14N2O2. The molecule has 0 saturated heterocycles. The van der Waals surface area contributed by atoms with Crippen LogP contribution >= 0.6 is 0 Å². The van der Waals surface area contributed by atoms with Crippen LogP contribution in [0.5, 0.6) is 0 Å². The second-order valence-corrected chi connectivity index (χ2v) is 3.06. The van der Waals surface area contributed by atoms with E-state index in [-0.39, 0.29) is 5.69 Å². The third-order valence-corrected chi connectivity index (χ3v) is 2.18. The maximum Gasteiger partial charge on any atom is 0.354 e. The molecule has 0 amide bonds. The van der Waals surface area contributed by atoms with Gasteiger partial charge in [-0.3, -0.25) is 4.68 Å². The van der Waals surface area contributed by atoms with Crippen LogP contribution in [0.1, 0.15) is 23.8 Å². The minimum atomic E-state index is -0.951. The molecular weight excluding hydrogens is 192 g/mol. The number of aryl methyl sites for hydroxylation is 1. The topological polar surface area (TPSA) is 55.1 Å². The Morgan fingerprint density at radius 1 is 1.73 bits per heavy atom. The fourth-order valence-electron chi connectivity index (χ4n) is 1.29. The Morgan fingerprint density at radius 3 is 3.00 bits per heavy atom. The van der Waals surface area contributed by atoms with Gasteiger partial charge in [0.05, 0.1) is 0 Å². The number of aromatic carboxylic acids is 1. The highest BCUT2D eigenvalue weighted by atomic mass is 16.4. The molecule has 0 aromatic carbocycles. The Labute approximate surface area is 88.5 Å². The minimum absolute atomic E-state index is 0.217. The van der Waals surface area contributed by atoms with Gasteiger partial charge < -0.3 is 5.11 Å². The summed E-state index contributed by atoms with van der Waals surface area (Å²) in [6, 6.07) is 1.49. The molecule has 0 atom stereocenters. The van der Waals surface area contributed by atoms with E-state index in [0.717, 1.165) is 12.0 Å². The van der Waals surface area contributed by atoms with Crippen molar-refractivity contribution < 1.29 is 9.90 Å². The van der Waals surface area contributed by atoms with E-state index in [1.54, 1.807) is 6.08 Å². The third kappa shape index (κ3) is 2.80. The van der Waals surface area contributed by atoms with E-state index in [4.69, 9.17) is 5.11 Å². The van der Waals surface area contributed by atoms with Gasteiger partial charge in [0.2, 0.25) is 0 Å². The van der Waals surface area contributed by atoms with Gasteiger partial charge in [0.25, 0.3) is 0 Å². The van der Waals surface area contributed by atoms with E-state index < -0.39 is 5.97 Å². The smallest absolute Gasteiger partial charge is 0.354 e. The summed E-state index contributed by atoms with van der Waals surface area (Å²) in [5.74, 6) is -0.951. The highest BCUT2D eigenvalue weighted by Crippen LogP contribution is 2.06. The first-order valence-corrected chi connectivity index (χ1v) is 4.71. The second-order valence-electron chi connectivity index (χ2n) is 3.06. The molecule has 4 nitrogen and oxygen atoms in total. The third-order valence-electron chi connectivity index (χ3n) is 2.18. The Balaban J connectivity index is 2.69. The fourth-order valence-corrected chi connectivity index (χ4v) is 1.29. The predicted molar refractivity (Wildman–Crippen MR) is 57.8 cm³/mol. The maximum atomic E-state index is 10.8. The number of nitrogens with zero attached hydrogens (tertiary/aromatic N) is 2. The molecule has 0 bridgehead atoms. The highest BCUT2D eigenvalue weighted by molar-refractivity contribution is 5.85. The number of hydrogen-bond acceptors (Lipinski definition) is 2. The zero-order chi connectivity index (χ0) is 11.3. The number of allylic oxidation sites excluding steroid dienone is 3. The zero-order valence-electron chi connectivity index (χ0n) is 8.68. The van der Waals surface area contributed by atoms with E-state index in [2.05, 4.69) is 11.7 Å². The number of carboxylic acid groups (broad SMARTS) is 1. The van der Waals surface area contributed by atoms with Crippen LogP contribution in [0, 0.1) is 0 Å². The van der Waals surface area contributed by atoms with Gasteiger partial charge in [-0.25, -0.2) is 4.79 Å². The van der Waals surface area contributed by atoms with Crippen LogP contribution in [0.15, 0.2) is 36.6 Å². The van der Waals surface area contributed by atoms with Gasteiger partial charge in [-0.1, -0.05) is 24.3 Å². The van der Waals surface area contributed by atoms with Gasteiger partial charge >= 0.3 is 5.97 Å². The average Bonchev–Trinajstić information content (AvgIpc) is 2.67. The number of carboxylic acids is 1. The lowest BCUT2D eigenvalue weighted by Crippen LogP contribution is -2.10. The van der Waals surface area contributed by atoms with E-state index in [9.17, 15) is 4.79 Å². The number of hydrogen-bond donors (Lipinski definition) is 1. The van der Waals surface area contributed by atoms with E-state index >= 15 is 0 Å². The number of aromatic nitrogens is 2. The Bertz CT molecular complexity index is 391. The van der Waals surface area contributed by atoms with Crippen LogP contribution in [-0.4, -0.2) is 20.9 Å². The summed E-state index contributed by atoms with van der Waals surface area (Å²) in [5, 5.41) is 12.8. The summed E-state index contributed by atoms with van der Waals surface area (Å²) in [6.45, 7) is 6.16. The van der Waals surface area contributed by atoms with Gasteiger partial charge in [0, 0.05) is 12.7 Å². The summed E-state index contributed by atoms with van der Waals surface area (Å²) >= 11 is 0. The molecule has 0 unspecified atom stereocenters. The van der Waals surface area contributed by atoms with Crippen LogP contribution in [0.3, 0.4) is 0 Å². The Hall–Kier alpha value is -1.84. The first-order chi connectivity index (χ1) is 7.19. The molecule has 80 valence electrons. The summed E-state index contributed by atoms with van der Waals surface area (Å²) in [6.07, 6.45) is 5.95. The first-order valence-electron chi connectivity index (χ1n) is 4.71. The normalized spacial score (nSPS) is 11.4. The fraction of sp³-hybridized carbons (Fsp3) is 0.273. The molecule has 0 radical (unpaired) electrons. The summed E-state index contributed by atoms with van der Waals surface area (Å²) in [7, 11) is 0. The van der Waals surface area contributed by atoms with Gasteiger partial charge in [0.1, 0.15) is 5.69 Å². The van der Waals surface area contributed by atoms with Crippen LogP contribution in [0.25, 0.3) is 0 Å². The Kier molecular flexibility index (Phi) is 3.85. The molecule has 0 spiro atoms. The lowest BCUT2D eigenvalue weighted by molar-refractivity contribution is 0.0683.